The summed E-state index contributed by atoms with van der Waals surface area (Å²) in [6, 6.07) is 19.4. The maximum absolute atomic E-state index is 9.68. The van der Waals surface area contributed by atoms with Crippen LogP contribution in [0.3, 0.4) is 0 Å². The quantitative estimate of drug-likeness (QED) is 0.651. The van der Waals surface area contributed by atoms with Crippen molar-refractivity contribution in [3.63, 3.8) is 0 Å². The molecule has 2 aromatic carbocycles. The third kappa shape index (κ3) is 3.79. The predicted octanol–water partition coefficient (Wildman–Crippen LogP) is 3.39. The molecular weight excluding hydrogens is 300 g/mol. The summed E-state index contributed by atoms with van der Waals surface area (Å²) in [7, 11) is 0. The molecule has 0 unspecified atom stereocenters. The van der Waals surface area contributed by atoms with E-state index in [9.17, 15) is 5.11 Å². The number of aliphatic hydroxyl groups excluding tert-OH is 2. The van der Waals surface area contributed by atoms with Crippen LogP contribution in [0.4, 0.5) is 5.69 Å². The number of pyridine rings is 1. The highest BCUT2D eigenvalue weighted by Crippen LogP contribution is 2.24. The number of anilines is 1. The van der Waals surface area contributed by atoms with Gasteiger partial charge >= 0.3 is 0 Å². The summed E-state index contributed by atoms with van der Waals surface area (Å²) < 4.78 is 0. The van der Waals surface area contributed by atoms with Crippen molar-refractivity contribution >= 4 is 5.69 Å². The first-order valence-corrected chi connectivity index (χ1v) is 7.87. The zero-order valence-corrected chi connectivity index (χ0v) is 13.3. The molecule has 24 heavy (non-hydrogen) atoms. The third-order valence-electron chi connectivity index (χ3n) is 3.93. The molecule has 0 bridgehead atoms. The monoisotopic (exact) mass is 320 g/mol. The van der Waals surface area contributed by atoms with Crippen molar-refractivity contribution in [1.29, 1.82) is 0 Å². The van der Waals surface area contributed by atoms with E-state index in [-0.39, 0.29) is 19.3 Å². The summed E-state index contributed by atoms with van der Waals surface area (Å²) in [6.45, 7) is 0.0365. The maximum atomic E-state index is 9.68. The number of rotatable bonds is 6. The zero-order chi connectivity index (χ0) is 16.8. The first-order valence-electron chi connectivity index (χ1n) is 7.87. The number of aromatic nitrogens is 1. The Bertz CT molecular complexity index is 773. The van der Waals surface area contributed by atoms with E-state index < -0.39 is 0 Å². The number of hydrogen-bond acceptors (Lipinski definition) is 4. The van der Waals surface area contributed by atoms with E-state index in [0.29, 0.717) is 0 Å². The van der Waals surface area contributed by atoms with Gasteiger partial charge in [0.1, 0.15) is 0 Å². The van der Waals surface area contributed by atoms with Gasteiger partial charge in [0.2, 0.25) is 0 Å². The van der Waals surface area contributed by atoms with Crippen molar-refractivity contribution < 1.29 is 10.2 Å². The van der Waals surface area contributed by atoms with Crippen molar-refractivity contribution in [2.75, 3.05) is 11.9 Å². The molecule has 0 radical (unpaired) electrons. The molecule has 4 nitrogen and oxygen atoms in total. The molecule has 1 atom stereocenters. The number of aliphatic hydroxyl groups is 2. The van der Waals surface area contributed by atoms with Crippen LogP contribution in [0.25, 0.3) is 11.1 Å². The highest BCUT2D eigenvalue weighted by molar-refractivity contribution is 5.67. The number of hydrogen-bond donors (Lipinski definition) is 3. The van der Waals surface area contributed by atoms with E-state index in [1.807, 2.05) is 60.7 Å². The SMILES string of the molecule is OCc1ccc(-c2cncc(N[C@@H](CO)c3ccccc3)c2)cc1. The summed E-state index contributed by atoms with van der Waals surface area (Å²) in [5, 5.41) is 22.1. The van der Waals surface area contributed by atoms with Gasteiger partial charge in [0, 0.05) is 18.0 Å². The Labute approximate surface area is 141 Å². The molecule has 122 valence electrons. The molecule has 0 fully saturated rings. The van der Waals surface area contributed by atoms with Crippen LogP contribution in [0.5, 0.6) is 0 Å². The lowest BCUT2D eigenvalue weighted by atomic mass is 10.0. The van der Waals surface area contributed by atoms with Gasteiger partial charge in [0.25, 0.3) is 0 Å². The van der Waals surface area contributed by atoms with E-state index in [1.165, 1.54) is 0 Å². The molecule has 0 amide bonds. The van der Waals surface area contributed by atoms with Crippen molar-refractivity contribution in [2.24, 2.45) is 0 Å². The summed E-state index contributed by atoms with van der Waals surface area (Å²) in [6.07, 6.45) is 3.55. The van der Waals surface area contributed by atoms with Gasteiger partial charge in [0.05, 0.1) is 24.9 Å². The molecule has 3 aromatic rings. The van der Waals surface area contributed by atoms with E-state index >= 15 is 0 Å². The average Bonchev–Trinajstić information content (AvgIpc) is 2.67. The molecule has 4 heteroatoms. The van der Waals surface area contributed by atoms with Gasteiger partial charge < -0.3 is 15.5 Å². The van der Waals surface area contributed by atoms with Crippen molar-refractivity contribution in [1.82, 2.24) is 4.98 Å². The Morgan fingerprint density at radius 2 is 1.62 bits per heavy atom. The molecule has 1 aromatic heterocycles. The Balaban J connectivity index is 1.81. The van der Waals surface area contributed by atoms with Crippen LogP contribution in [0, 0.1) is 0 Å². The minimum atomic E-state index is -0.181. The standard InChI is InChI=1S/C20H20N2O2/c23-13-15-6-8-16(9-7-15)18-10-19(12-21-11-18)22-20(14-24)17-4-2-1-3-5-17/h1-12,20,22-24H,13-14H2/t20-/m0/s1. The molecule has 0 aliphatic rings. The first kappa shape index (κ1) is 16.2. The largest absolute Gasteiger partial charge is 0.394 e. The summed E-state index contributed by atoms with van der Waals surface area (Å²) in [4.78, 5) is 4.29. The van der Waals surface area contributed by atoms with Gasteiger partial charge in [-0.25, -0.2) is 0 Å². The first-order chi connectivity index (χ1) is 11.8. The molecule has 0 spiro atoms. The van der Waals surface area contributed by atoms with Crippen LogP contribution in [0.1, 0.15) is 17.2 Å². The van der Waals surface area contributed by atoms with E-state index in [0.717, 1.165) is 27.9 Å². The average molecular weight is 320 g/mol. The second-order valence-electron chi connectivity index (χ2n) is 5.61. The maximum Gasteiger partial charge on any atom is 0.0745 e. The number of benzene rings is 2. The fourth-order valence-electron chi connectivity index (χ4n) is 2.60. The van der Waals surface area contributed by atoms with Crippen molar-refractivity contribution in [2.45, 2.75) is 12.6 Å². The Morgan fingerprint density at radius 1 is 0.875 bits per heavy atom. The highest BCUT2D eigenvalue weighted by Gasteiger charge is 2.10. The van der Waals surface area contributed by atoms with Crippen LogP contribution < -0.4 is 5.32 Å². The molecule has 0 saturated carbocycles. The van der Waals surface area contributed by atoms with E-state index in [4.69, 9.17) is 5.11 Å². The normalized spacial score (nSPS) is 11.9. The molecule has 1 heterocycles. The molecule has 0 aliphatic carbocycles. The van der Waals surface area contributed by atoms with Crippen LogP contribution in [-0.4, -0.2) is 21.8 Å². The minimum absolute atomic E-state index is 0.000558. The summed E-state index contributed by atoms with van der Waals surface area (Å²) in [5.74, 6) is 0. The smallest absolute Gasteiger partial charge is 0.0745 e. The third-order valence-corrected chi connectivity index (χ3v) is 3.93. The van der Waals surface area contributed by atoms with Crippen LogP contribution in [0.15, 0.2) is 73.1 Å². The van der Waals surface area contributed by atoms with Gasteiger partial charge in [-0.05, 0) is 22.8 Å². The van der Waals surface area contributed by atoms with Gasteiger partial charge in [-0.3, -0.25) is 4.98 Å². The van der Waals surface area contributed by atoms with E-state index in [2.05, 4.69) is 10.3 Å². The molecule has 0 aliphatic heterocycles. The number of nitrogens with one attached hydrogen (secondary N) is 1. The lowest BCUT2D eigenvalue weighted by Gasteiger charge is -2.18. The molecule has 0 saturated heterocycles. The van der Waals surface area contributed by atoms with Crippen molar-refractivity contribution in [3.05, 3.63) is 84.2 Å². The van der Waals surface area contributed by atoms with Crippen LogP contribution in [-0.2, 0) is 6.61 Å². The molecular formula is C20H20N2O2. The topological polar surface area (TPSA) is 65.4 Å². The van der Waals surface area contributed by atoms with E-state index in [1.54, 1.807) is 12.4 Å². The molecule has 3 N–H and O–H groups in total. The fourth-order valence-corrected chi connectivity index (χ4v) is 2.60. The minimum Gasteiger partial charge on any atom is -0.394 e. The lowest BCUT2D eigenvalue weighted by molar-refractivity contribution is 0.276. The van der Waals surface area contributed by atoms with Gasteiger partial charge in [-0.1, -0.05) is 54.6 Å². The van der Waals surface area contributed by atoms with Crippen LogP contribution >= 0.6 is 0 Å². The summed E-state index contributed by atoms with van der Waals surface area (Å²) in [5.41, 5.74) is 4.77. The van der Waals surface area contributed by atoms with Gasteiger partial charge in [-0.2, -0.15) is 0 Å². The number of nitrogens with zero attached hydrogens (tertiary/aromatic N) is 1. The zero-order valence-electron chi connectivity index (χ0n) is 13.3. The predicted molar refractivity (Wildman–Crippen MR) is 95.5 cm³/mol. The Morgan fingerprint density at radius 3 is 2.29 bits per heavy atom. The van der Waals surface area contributed by atoms with Gasteiger partial charge in [-0.15, -0.1) is 0 Å². The summed E-state index contributed by atoms with van der Waals surface area (Å²) >= 11 is 0. The lowest BCUT2D eigenvalue weighted by Crippen LogP contribution is -2.14. The van der Waals surface area contributed by atoms with Crippen LogP contribution in [0.2, 0.25) is 0 Å². The van der Waals surface area contributed by atoms with Crippen molar-refractivity contribution in [3.8, 4) is 11.1 Å². The molecule has 3 rings (SSSR count). The Kier molecular flexibility index (Phi) is 5.21. The fraction of sp³-hybridized carbons (Fsp3) is 0.150. The van der Waals surface area contributed by atoms with Gasteiger partial charge in [0.15, 0.2) is 0 Å². The Hall–Kier alpha value is -2.69. The second kappa shape index (κ2) is 7.73. The second-order valence-corrected chi connectivity index (χ2v) is 5.61. The highest BCUT2D eigenvalue weighted by atomic mass is 16.3.